The highest BCUT2D eigenvalue weighted by Gasteiger charge is 2.16. The van der Waals surface area contributed by atoms with Crippen molar-refractivity contribution in [2.24, 2.45) is 0 Å². The van der Waals surface area contributed by atoms with E-state index in [9.17, 15) is 9.59 Å². The quantitative estimate of drug-likeness (QED) is 0.445. The van der Waals surface area contributed by atoms with Crippen LogP contribution in [0.15, 0.2) is 59.5 Å². The molecule has 8 heteroatoms. The van der Waals surface area contributed by atoms with Gasteiger partial charge in [0.2, 0.25) is 0 Å². The normalized spacial score (nSPS) is 11.2. The number of nitrogens with zero attached hydrogens (tertiary/aromatic N) is 3. The summed E-state index contributed by atoms with van der Waals surface area (Å²) in [5.74, 6) is 0. The Morgan fingerprint density at radius 2 is 1.76 bits per heavy atom. The molecular weight excluding hydrogens is 390 g/mol. The number of carbonyl (C=O) groups is 1. The summed E-state index contributed by atoms with van der Waals surface area (Å²) in [6.07, 6.45) is 2.18. The zero-order chi connectivity index (χ0) is 20.0. The average Bonchev–Trinajstić information content (AvgIpc) is 3.22. The molecule has 29 heavy (non-hydrogen) atoms. The lowest BCUT2D eigenvalue weighted by Gasteiger charge is -2.11. The number of rotatable bonds is 3. The van der Waals surface area contributed by atoms with E-state index >= 15 is 0 Å². The number of aldehydes is 1. The summed E-state index contributed by atoms with van der Waals surface area (Å²) in [6.45, 7) is 0. The van der Waals surface area contributed by atoms with Gasteiger partial charge in [-0.1, -0.05) is 41.9 Å². The van der Waals surface area contributed by atoms with Crippen molar-refractivity contribution in [2.45, 2.75) is 0 Å². The van der Waals surface area contributed by atoms with Crippen molar-refractivity contribution >= 4 is 40.0 Å². The molecular formula is C21H12ClN5O2. The van der Waals surface area contributed by atoms with Crippen LogP contribution in [-0.4, -0.2) is 31.4 Å². The monoisotopic (exact) mass is 401 g/mol. The van der Waals surface area contributed by atoms with Crippen LogP contribution >= 0.6 is 11.6 Å². The topological polar surface area (TPSA) is 104 Å². The van der Waals surface area contributed by atoms with Crippen molar-refractivity contribution in [3.05, 3.63) is 75.7 Å². The average molecular weight is 402 g/mol. The maximum absolute atomic E-state index is 12.0. The second-order valence-corrected chi connectivity index (χ2v) is 6.89. The lowest BCUT2D eigenvalue weighted by Crippen LogP contribution is -2.13. The van der Waals surface area contributed by atoms with Gasteiger partial charge in [-0.15, -0.1) is 0 Å². The Hall–Kier alpha value is -3.84. The highest BCUT2D eigenvalue weighted by molar-refractivity contribution is 6.35. The zero-order valence-electron chi connectivity index (χ0n) is 14.8. The van der Waals surface area contributed by atoms with E-state index in [4.69, 9.17) is 16.6 Å². The molecule has 0 saturated heterocycles. The van der Waals surface area contributed by atoms with Crippen LogP contribution < -0.4 is 5.56 Å². The Morgan fingerprint density at radius 1 is 0.966 bits per heavy atom. The predicted molar refractivity (Wildman–Crippen MR) is 111 cm³/mol. The minimum atomic E-state index is -0.503. The first kappa shape index (κ1) is 17.3. The maximum atomic E-state index is 12.0. The number of pyridine rings is 1. The molecule has 0 saturated carbocycles. The summed E-state index contributed by atoms with van der Waals surface area (Å²) in [6, 6.07) is 14.7. The molecule has 0 bridgehead atoms. The van der Waals surface area contributed by atoms with E-state index in [0.717, 1.165) is 22.0 Å². The number of carbonyl (C=O) groups excluding carboxylic acids is 1. The van der Waals surface area contributed by atoms with Gasteiger partial charge < -0.3 is 4.98 Å². The third-order valence-electron chi connectivity index (χ3n) is 4.66. The fraction of sp³-hybridized carbons (Fsp3) is 0. The second kappa shape index (κ2) is 6.65. The van der Waals surface area contributed by atoms with E-state index in [1.165, 1.54) is 6.07 Å². The van der Waals surface area contributed by atoms with E-state index in [0.29, 0.717) is 33.9 Å². The van der Waals surface area contributed by atoms with Crippen molar-refractivity contribution < 1.29 is 4.79 Å². The number of hydrogen-bond donors (Lipinski definition) is 2. The number of nitrogens with one attached hydrogen (secondary N) is 2. The standard InChI is InChI=1S/C21H12ClN5O2/c22-15-7-12(6-13-9-23-27-17(13)15)19-18(11-4-2-1-3-5-11)25-20-16(24-19)8-14(10-28)21(29)26-20/h1-10H,(H,23,27)(H,25,26,29). The lowest BCUT2D eigenvalue weighted by atomic mass is 10.0. The Balaban J connectivity index is 1.86. The molecule has 0 aliphatic heterocycles. The largest absolute Gasteiger partial charge is 0.305 e. The molecule has 0 radical (unpaired) electrons. The molecule has 2 aromatic carbocycles. The number of hydrogen-bond acceptors (Lipinski definition) is 5. The molecule has 0 aliphatic carbocycles. The highest BCUT2D eigenvalue weighted by Crippen LogP contribution is 2.34. The first-order chi connectivity index (χ1) is 14.1. The molecule has 3 aromatic heterocycles. The summed E-state index contributed by atoms with van der Waals surface area (Å²) < 4.78 is 0. The third kappa shape index (κ3) is 2.88. The van der Waals surface area contributed by atoms with Gasteiger partial charge in [0, 0.05) is 16.5 Å². The lowest BCUT2D eigenvalue weighted by molar-refractivity contribution is 0.112. The van der Waals surface area contributed by atoms with Gasteiger partial charge in [0.25, 0.3) is 5.56 Å². The molecule has 3 heterocycles. The minimum absolute atomic E-state index is 0.00599. The van der Waals surface area contributed by atoms with Crippen LogP contribution in [-0.2, 0) is 0 Å². The first-order valence-electron chi connectivity index (χ1n) is 8.73. The molecule has 0 fully saturated rings. The van der Waals surface area contributed by atoms with E-state index in [1.807, 2.05) is 36.4 Å². The van der Waals surface area contributed by atoms with Crippen LogP contribution in [0, 0.1) is 0 Å². The molecule has 0 spiro atoms. The van der Waals surface area contributed by atoms with Crippen molar-refractivity contribution in [3.8, 4) is 22.5 Å². The fourth-order valence-corrected chi connectivity index (χ4v) is 3.54. The van der Waals surface area contributed by atoms with Crippen LogP contribution in [0.3, 0.4) is 0 Å². The molecule has 140 valence electrons. The van der Waals surface area contributed by atoms with E-state index < -0.39 is 5.56 Å². The Labute approximate surface area is 168 Å². The molecule has 7 nitrogen and oxygen atoms in total. The van der Waals surface area contributed by atoms with Crippen LogP contribution in [0.4, 0.5) is 0 Å². The molecule has 2 N–H and O–H groups in total. The second-order valence-electron chi connectivity index (χ2n) is 6.48. The summed E-state index contributed by atoms with van der Waals surface area (Å²) in [5.41, 5.74) is 3.69. The van der Waals surface area contributed by atoms with Gasteiger partial charge in [0.15, 0.2) is 11.9 Å². The van der Waals surface area contributed by atoms with Crippen LogP contribution in [0.2, 0.25) is 5.02 Å². The highest BCUT2D eigenvalue weighted by atomic mass is 35.5. The molecule has 5 aromatic rings. The molecule has 0 atom stereocenters. The van der Waals surface area contributed by atoms with Crippen molar-refractivity contribution in [1.82, 2.24) is 25.1 Å². The Morgan fingerprint density at radius 3 is 2.55 bits per heavy atom. The third-order valence-corrected chi connectivity index (χ3v) is 4.96. The maximum Gasteiger partial charge on any atom is 0.260 e. The predicted octanol–water partition coefficient (Wildman–Crippen LogP) is 3.99. The van der Waals surface area contributed by atoms with Gasteiger partial charge in [-0.25, -0.2) is 9.97 Å². The molecule has 5 rings (SSSR count). The van der Waals surface area contributed by atoms with E-state index in [1.54, 1.807) is 12.3 Å². The van der Waals surface area contributed by atoms with Gasteiger partial charge >= 0.3 is 0 Å². The summed E-state index contributed by atoms with van der Waals surface area (Å²) in [4.78, 5) is 35.2. The smallest absolute Gasteiger partial charge is 0.260 e. The van der Waals surface area contributed by atoms with Gasteiger partial charge in [-0.3, -0.25) is 14.7 Å². The van der Waals surface area contributed by atoms with Crippen molar-refractivity contribution in [1.29, 1.82) is 0 Å². The van der Waals surface area contributed by atoms with Crippen LogP contribution in [0.25, 0.3) is 44.6 Å². The van der Waals surface area contributed by atoms with E-state index in [2.05, 4.69) is 20.2 Å². The fourth-order valence-electron chi connectivity index (χ4n) is 3.27. The number of aromatic nitrogens is 5. The minimum Gasteiger partial charge on any atom is -0.305 e. The SMILES string of the molecule is O=Cc1cc2nc(-c3cc(Cl)c4[nH]ncc4c3)c(-c3ccccc3)nc2[nH]c1=O. The first-order valence-corrected chi connectivity index (χ1v) is 9.10. The summed E-state index contributed by atoms with van der Waals surface area (Å²) in [7, 11) is 0. The molecule has 0 unspecified atom stereocenters. The van der Waals surface area contributed by atoms with Crippen molar-refractivity contribution in [3.63, 3.8) is 0 Å². The van der Waals surface area contributed by atoms with Gasteiger partial charge in [0.1, 0.15) is 5.52 Å². The number of fused-ring (bicyclic) bond motifs is 2. The number of benzene rings is 2. The Bertz CT molecular complexity index is 1460. The van der Waals surface area contributed by atoms with Gasteiger partial charge in [-0.05, 0) is 18.2 Å². The number of aromatic amines is 2. The molecule has 0 aliphatic rings. The molecule has 0 amide bonds. The van der Waals surface area contributed by atoms with Crippen molar-refractivity contribution in [2.75, 3.05) is 0 Å². The van der Waals surface area contributed by atoms with Gasteiger partial charge in [0.05, 0.1) is 33.7 Å². The number of halogens is 1. The zero-order valence-corrected chi connectivity index (χ0v) is 15.6. The van der Waals surface area contributed by atoms with E-state index in [-0.39, 0.29) is 5.56 Å². The van der Waals surface area contributed by atoms with Crippen LogP contribution in [0.5, 0.6) is 0 Å². The summed E-state index contributed by atoms with van der Waals surface area (Å²) >= 11 is 6.43. The summed E-state index contributed by atoms with van der Waals surface area (Å²) in [5, 5.41) is 8.24. The number of H-pyrrole nitrogens is 2. The van der Waals surface area contributed by atoms with Gasteiger partial charge in [-0.2, -0.15) is 5.10 Å². The Kier molecular flexibility index (Phi) is 3.96. The van der Waals surface area contributed by atoms with Crippen LogP contribution in [0.1, 0.15) is 10.4 Å².